The molecule has 7 nitrogen and oxygen atoms in total. The summed E-state index contributed by atoms with van der Waals surface area (Å²) in [6.45, 7) is 14.4. The number of ether oxygens (including phenoxy) is 2. The number of methoxy groups -OCH3 is 1. The minimum Gasteiger partial charge on any atom is -0.493 e. The first kappa shape index (κ1) is 23.9. The summed E-state index contributed by atoms with van der Waals surface area (Å²) in [7, 11) is 3.83. The molecule has 1 heterocycles. The Hall–Kier alpha value is -1.38. The number of nitrogens with zero attached hydrogens (tertiary/aromatic N) is 3. The molecule has 29 heavy (non-hydrogen) atoms. The van der Waals surface area contributed by atoms with Gasteiger partial charge in [0.1, 0.15) is 12.7 Å². The van der Waals surface area contributed by atoms with Crippen LogP contribution in [0.25, 0.3) is 0 Å². The van der Waals surface area contributed by atoms with E-state index in [0.717, 1.165) is 64.5 Å². The van der Waals surface area contributed by atoms with E-state index in [0.29, 0.717) is 18.0 Å². The Morgan fingerprint density at radius 2 is 1.86 bits per heavy atom. The van der Waals surface area contributed by atoms with Gasteiger partial charge >= 0.3 is 0 Å². The monoisotopic (exact) mass is 408 g/mol. The zero-order valence-electron chi connectivity index (χ0n) is 18.7. The molecule has 1 atom stereocenters. The Morgan fingerprint density at radius 1 is 1.14 bits per heavy atom. The van der Waals surface area contributed by atoms with Crippen molar-refractivity contribution in [3.05, 3.63) is 23.8 Å². The number of piperazine rings is 1. The minimum atomic E-state index is -0.518. The third-order valence-electron chi connectivity index (χ3n) is 5.55. The molecule has 1 fully saturated rings. The zero-order chi connectivity index (χ0) is 21.1. The molecule has 2 N–H and O–H groups in total. The van der Waals surface area contributed by atoms with Crippen molar-refractivity contribution in [1.29, 1.82) is 0 Å². The van der Waals surface area contributed by atoms with E-state index in [1.54, 1.807) is 7.11 Å². The van der Waals surface area contributed by atoms with Crippen LogP contribution in [0.5, 0.6) is 11.5 Å². The first-order valence-corrected chi connectivity index (χ1v) is 10.9. The summed E-state index contributed by atoms with van der Waals surface area (Å²) in [5.41, 5.74) is 1.16. The lowest BCUT2D eigenvalue weighted by molar-refractivity contribution is 0.0705. The summed E-state index contributed by atoms with van der Waals surface area (Å²) >= 11 is 0. The molecule has 0 spiro atoms. The number of nitrogens with one attached hydrogen (secondary N) is 1. The van der Waals surface area contributed by atoms with E-state index in [1.165, 1.54) is 0 Å². The molecule has 0 unspecified atom stereocenters. The molecular weight excluding hydrogens is 368 g/mol. The van der Waals surface area contributed by atoms with Crippen LogP contribution in [0.15, 0.2) is 18.2 Å². The third-order valence-corrected chi connectivity index (χ3v) is 5.55. The summed E-state index contributed by atoms with van der Waals surface area (Å²) in [5.74, 6) is 1.38. The van der Waals surface area contributed by atoms with E-state index in [-0.39, 0.29) is 6.61 Å². The van der Waals surface area contributed by atoms with Gasteiger partial charge < -0.3 is 29.7 Å². The molecule has 1 aromatic rings. The highest BCUT2D eigenvalue weighted by Crippen LogP contribution is 2.28. The van der Waals surface area contributed by atoms with Crippen molar-refractivity contribution in [1.82, 2.24) is 20.0 Å². The molecule has 1 aromatic carbocycles. The molecule has 166 valence electrons. The molecule has 0 aromatic heterocycles. The molecule has 1 aliphatic rings. The maximum Gasteiger partial charge on any atom is 0.161 e. The van der Waals surface area contributed by atoms with Gasteiger partial charge in [-0.25, -0.2) is 0 Å². The van der Waals surface area contributed by atoms with Crippen molar-refractivity contribution >= 4 is 0 Å². The van der Waals surface area contributed by atoms with Crippen molar-refractivity contribution < 1.29 is 14.6 Å². The van der Waals surface area contributed by atoms with Crippen LogP contribution in [-0.2, 0) is 6.54 Å². The van der Waals surface area contributed by atoms with Gasteiger partial charge in [0.15, 0.2) is 11.5 Å². The van der Waals surface area contributed by atoms with Crippen molar-refractivity contribution in [2.45, 2.75) is 26.5 Å². The maximum absolute atomic E-state index is 10.2. The number of benzene rings is 1. The summed E-state index contributed by atoms with van der Waals surface area (Å²) in [5, 5.41) is 13.7. The highest BCUT2D eigenvalue weighted by atomic mass is 16.5. The highest BCUT2D eigenvalue weighted by Gasteiger charge is 2.14. The number of hydrogen-bond donors (Lipinski definition) is 2. The normalized spacial score (nSPS) is 16.9. The van der Waals surface area contributed by atoms with Gasteiger partial charge in [-0.3, -0.25) is 4.90 Å². The number of rotatable bonds is 13. The molecule has 7 heteroatoms. The predicted octanol–water partition coefficient (Wildman–Crippen LogP) is 1.11. The average molecular weight is 409 g/mol. The lowest BCUT2D eigenvalue weighted by Gasteiger charge is -2.32. The molecule has 0 saturated carbocycles. The van der Waals surface area contributed by atoms with E-state index in [9.17, 15) is 5.11 Å². The van der Waals surface area contributed by atoms with Crippen molar-refractivity contribution in [2.24, 2.45) is 0 Å². The quantitative estimate of drug-likeness (QED) is 0.474. The van der Waals surface area contributed by atoms with Crippen LogP contribution in [0.3, 0.4) is 0 Å². The Kier molecular flexibility index (Phi) is 10.7. The zero-order valence-corrected chi connectivity index (χ0v) is 18.7. The molecule has 0 radical (unpaired) electrons. The van der Waals surface area contributed by atoms with Crippen molar-refractivity contribution in [3.63, 3.8) is 0 Å². The van der Waals surface area contributed by atoms with Crippen LogP contribution in [0.2, 0.25) is 0 Å². The fourth-order valence-corrected chi connectivity index (χ4v) is 3.50. The smallest absolute Gasteiger partial charge is 0.161 e. The summed E-state index contributed by atoms with van der Waals surface area (Å²) in [6, 6.07) is 5.99. The van der Waals surface area contributed by atoms with Gasteiger partial charge in [-0.2, -0.15) is 0 Å². The SMILES string of the molecule is CCN(CC)C[C@@H](O)COc1ccc(CNCCN2CCN(C)CC2)cc1OC. The third kappa shape index (κ3) is 8.48. The second-order valence-electron chi connectivity index (χ2n) is 7.76. The van der Waals surface area contributed by atoms with Gasteiger partial charge in [0.05, 0.1) is 7.11 Å². The van der Waals surface area contributed by atoms with Gasteiger partial charge in [0.25, 0.3) is 0 Å². The average Bonchev–Trinajstić information content (AvgIpc) is 2.75. The second kappa shape index (κ2) is 13.0. The first-order chi connectivity index (χ1) is 14.0. The maximum atomic E-state index is 10.2. The molecule has 0 amide bonds. The van der Waals surface area contributed by atoms with E-state index >= 15 is 0 Å². The molecular formula is C22H40N4O3. The van der Waals surface area contributed by atoms with E-state index in [1.807, 2.05) is 12.1 Å². The number of aliphatic hydroxyl groups excluding tert-OH is 1. The van der Waals surface area contributed by atoms with Gasteiger partial charge in [-0.1, -0.05) is 19.9 Å². The number of likely N-dealkylation sites (N-methyl/N-ethyl adjacent to an activating group) is 2. The molecule has 0 bridgehead atoms. The minimum absolute atomic E-state index is 0.259. The van der Waals surface area contributed by atoms with Crippen LogP contribution in [0.4, 0.5) is 0 Å². The Balaban J connectivity index is 1.74. The molecule has 2 rings (SSSR count). The predicted molar refractivity (Wildman–Crippen MR) is 118 cm³/mol. The summed E-state index contributed by atoms with van der Waals surface area (Å²) < 4.78 is 11.3. The van der Waals surface area contributed by atoms with Crippen LogP contribution in [0.1, 0.15) is 19.4 Å². The topological polar surface area (TPSA) is 60.4 Å². The Labute approximate surface area is 176 Å². The molecule has 1 aliphatic heterocycles. The standard InChI is InChI=1S/C22H40N4O3/c1-5-25(6-2)17-20(27)18-29-21-8-7-19(15-22(21)28-4)16-23-9-10-26-13-11-24(3)12-14-26/h7-8,15,20,23,27H,5-6,9-14,16-18H2,1-4H3/t20-/m1/s1. The lowest BCUT2D eigenvalue weighted by Crippen LogP contribution is -2.46. The van der Waals surface area contributed by atoms with Crippen molar-refractivity contribution in [2.75, 3.05) is 79.7 Å². The number of aliphatic hydroxyl groups is 1. The van der Waals surface area contributed by atoms with E-state index in [4.69, 9.17) is 9.47 Å². The first-order valence-electron chi connectivity index (χ1n) is 10.9. The van der Waals surface area contributed by atoms with Gasteiger partial charge in [-0.05, 0) is 37.8 Å². The van der Waals surface area contributed by atoms with Gasteiger partial charge in [0.2, 0.25) is 0 Å². The van der Waals surface area contributed by atoms with Crippen LogP contribution >= 0.6 is 0 Å². The largest absolute Gasteiger partial charge is 0.493 e. The van der Waals surface area contributed by atoms with Crippen LogP contribution in [-0.4, -0.2) is 106 Å². The van der Waals surface area contributed by atoms with Crippen LogP contribution < -0.4 is 14.8 Å². The van der Waals surface area contributed by atoms with Gasteiger partial charge in [0, 0.05) is 52.4 Å². The van der Waals surface area contributed by atoms with Crippen LogP contribution in [0, 0.1) is 0 Å². The fourth-order valence-electron chi connectivity index (χ4n) is 3.50. The fraction of sp³-hybridized carbons (Fsp3) is 0.727. The van der Waals surface area contributed by atoms with E-state index in [2.05, 4.69) is 47.0 Å². The summed E-state index contributed by atoms with van der Waals surface area (Å²) in [6.07, 6.45) is -0.518. The summed E-state index contributed by atoms with van der Waals surface area (Å²) in [4.78, 5) is 7.07. The van der Waals surface area contributed by atoms with Gasteiger partial charge in [-0.15, -0.1) is 0 Å². The Morgan fingerprint density at radius 3 is 2.52 bits per heavy atom. The highest BCUT2D eigenvalue weighted by molar-refractivity contribution is 5.43. The molecule has 0 aliphatic carbocycles. The second-order valence-corrected chi connectivity index (χ2v) is 7.76. The lowest BCUT2D eigenvalue weighted by atomic mass is 10.2. The molecule has 1 saturated heterocycles. The van der Waals surface area contributed by atoms with Crippen molar-refractivity contribution in [3.8, 4) is 11.5 Å². The number of hydrogen-bond acceptors (Lipinski definition) is 7. The Bertz CT molecular complexity index is 575. The van der Waals surface area contributed by atoms with E-state index < -0.39 is 6.10 Å².